The lowest BCUT2D eigenvalue weighted by Gasteiger charge is -2.39. The molecule has 1 aromatic heterocycles. The summed E-state index contributed by atoms with van der Waals surface area (Å²) in [5.41, 5.74) is 11.9. The van der Waals surface area contributed by atoms with Gasteiger partial charge < -0.3 is 21.3 Å². The van der Waals surface area contributed by atoms with E-state index in [1.807, 2.05) is 12.1 Å². The van der Waals surface area contributed by atoms with Gasteiger partial charge in [0, 0.05) is 25.7 Å². The van der Waals surface area contributed by atoms with Crippen LogP contribution in [0.2, 0.25) is 0 Å². The van der Waals surface area contributed by atoms with Crippen LogP contribution in [0, 0.1) is 0 Å². The van der Waals surface area contributed by atoms with E-state index in [0.29, 0.717) is 17.5 Å². The molecule has 1 saturated heterocycles. The molecule has 16 heavy (non-hydrogen) atoms. The number of hydrogen-bond donors (Lipinski definition) is 2. The SMILES string of the molecule is CC1CN(C)CCN1c1ccc(N)c(N)n1. The number of nitrogens with two attached hydrogens (primary N) is 2. The Morgan fingerprint density at radius 2 is 2.06 bits per heavy atom. The maximum Gasteiger partial charge on any atom is 0.149 e. The largest absolute Gasteiger partial charge is 0.396 e. The number of anilines is 3. The molecule has 4 N–H and O–H groups in total. The standard InChI is InChI=1S/C11H19N5/c1-8-7-15(2)5-6-16(8)10-4-3-9(12)11(13)14-10/h3-4,8H,5-7,12H2,1-2H3,(H2,13,14). The minimum absolute atomic E-state index is 0.420. The Bertz CT molecular complexity index is 379. The van der Waals surface area contributed by atoms with E-state index >= 15 is 0 Å². The van der Waals surface area contributed by atoms with E-state index in [0.717, 1.165) is 25.5 Å². The van der Waals surface area contributed by atoms with E-state index in [4.69, 9.17) is 11.5 Å². The molecule has 88 valence electrons. The molecule has 1 unspecified atom stereocenters. The molecule has 1 atom stereocenters. The summed E-state index contributed by atoms with van der Waals surface area (Å²) in [6, 6.07) is 4.21. The Balaban J connectivity index is 2.20. The molecular weight excluding hydrogens is 202 g/mol. The van der Waals surface area contributed by atoms with Crippen molar-refractivity contribution in [1.82, 2.24) is 9.88 Å². The third-order valence-corrected chi connectivity index (χ3v) is 3.07. The highest BCUT2D eigenvalue weighted by molar-refractivity contribution is 5.62. The smallest absolute Gasteiger partial charge is 0.149 e. The van der Waals surface area contributed by atoms with Gasteiger partial charge in [-0.05, 0) is 26.1 Å². The summed E-state index contributed by atoms with van der Waals surface area (Å²) in [7, 11) is 2.14. The van der Waals surface area contributed by atoms with Crippen molar-refractivity contribution in [2.45, 2.75) is 13.0 Å². The highest BCUT2D eigenvalue weighted by Gasteiger charge is 2.22. The molecule has 0 bridgehead atoms. The second kappa shape index (κ2) is 4.17. The van der Waals surface area contributed by atoms with Crippen molar-refractivity contribution in [1.29, 1.82) is 0 Å². The van der Waals surface area contributed by atoms with E-state index in [2.05, 4.69) is 28.8 Å². The van der Waals surface area contributed by atoms with Crippen LogP contribution in [0.1, 0.15) is 6.92 Å². The first-order chi connectivity index (χ1) is 7.58. The number of pyridine rings is 1. The van der Waals surface area contributed by atoms with E-state index in [1.165, 1.54) is 0 Å². The number of rotatable bonds is 1. The number of piperazine rings is 1. The monoisotopic (exact) mass is 221 g/mol. The van der Waals surface area contributed by atoms with Crippen LogP contribution >= 0.6 is 0 Å². The van der Waals surface area contributed by atoms with Crippen LogP contribution in [0.3, 0.4) is 0 Å². The van der Waals surface area contributed by atoms with E-state index in [1.54, 1.807) is 0 Å². The van der Waals surface area contributed by atoms with Gasteiger partial charge in [0.1, 0.15) is 11.6 Å². The lowest BCUT2D eigenvalue weighted by atomic mass is 10.2. The quantitative estimate of drug-likeness (QED) is 0.717. The van der Waals surface area contributed by atoms with E-state index in [9.17, 15) is 0 Å². The zero-order chi connectivity index (χ0) is 11.7. The molecule has 5 heteroatoms. The van der Waals surface area contributed by atoms with Crippen LogP contribution in [0.5, 0.6) is 0 Å². The van der Waals surface area contributed by atoms with Crippen LogP contribution in [-0.4, -0.2) is 42.6 Å². The van der Waals surface area contributed by atoms with Crippen molar-refractivity contribution in [2.75, 3.05) is 43.0 Å². The number of nitrogens with zero attached hydrogens (tertiary/aromatic N) is 3. The predicted molar refractivity (Wildman–Crippen MR) is 67.4 cm³/mol. The van der Waals surface area contributed by atoms with Gasteiger partial charge >= 0.3 is 0 Å². The first-order valence-electron chi connectivity index (χ1n) is 5.55. The van der Waals surface area contributed by atoms with Gasteiger partial charge in [0.15, 0.2) is 0 Å². The molecular formula is C11H19N5. The van der Waals surface area contributed by atoms with Crippen molar-refractivity contribution in [3.05, 3.63) is 12.1 Å². The maximum absolute atomic E-state index is 5.73. The number of aromatic nitrogens is 1. The normalized spacial score (nSPS) is 22.4. The lowest BCUT2D eigenvalue weighted by molar-refractivity contribution is 0.274. The fraction of sp³-hybridized carbons (Fsp3) is 0.545. The van der Waals surface area contributed by atoms with E-state index < -0.39 is 0 Å². The van der Waals surface area contributed by atoms with Crippen molar-refractivity contribution in [3.63, 3.8) is 0 Å². The summed E-state index contributed by atoms with van der Waals surface area (Å²) >= 11 is 0. The van der Waals surface area contributed by atoms with Gasteiger partial charge in [-0.1, -0.05) is 0 Å². The fourth-order valence-electron chi connectivity index (χ4n) is 2.11. The van der Waals surface area contributed by atoms with Crippen LogP contribution in [0.25, 0.3) is 0 Å². The molecule has 0 radical (unpaired) electrons. The average molecular weight is 221 g/mol. The maximum atomic E-state index is 5.73. The van der Waals surface area contributed by atoms with Gasteiger partial charge in [0.2, 0.25) is 0 Å². The molecule has 0 aliphatic carbocycles. The third kappa shape index (κ3) is 2.04. The summed E-state index contributed by atoms with van der Waals surface area (Å²) in [5.74, 6) is 1.34. The van der Waals surface area contributed by atoms with E-state index in [-0.39, 0.29) is 0 Å². The molecule has 0 amide bonds. The number of likely N-dealkylation sites (N-methyl/N-ethyl adjacent to an activating group) is 1. The first-order valence-corrected chi connectivity index (χ1v) is 5.55. The zero-order valence-corrected chi connectivity index (χ0v) is 9.85. The molecule has 2 heterocycles. The van der Waals surface area contributed by atoms with Gasteiger partial charge in [-0.15, -0.1) is 0 Å². The molecule has 1 aromatic rings. The Kier molecular flexibility index (Phi) is 2.87. The summed E-state index contributed by atoms with van der Waals surface area (Å²) in [6.45, 7) is 5.28. The first kappa shape index (κ1) is 11.0. The van der Waals surface area contributed by atoms with Crippen LogP contribution in [-0.2, 0) is 0 Å². The van der Waals surface area contributed by atoms with Crippen molar-refractivity contribution < 1.29 is 0 Å². The summed E-state index contributed by atoms with van der Waals surface area (Å²) in [4.78, 5) is 8.93. The fourth-order valence-corrected chi connectivity index (χ4v) is 2.11. The Hall–Kier alpha value is -1.49. The topological polar surface area (TPSA) is 71.4 Å². The van der Waals surface area contributed by atoms with Gasteiger partial charge in [-0.2, -0.15) is 0 Å². The Morgan fingerprint density at radius 1 is 1.31 bits per heavy atom. The minimum Gasteiger partial charge on any atom is -0.396 e. The molecule has 1 fully saturated rings. The van der Waals surface area contributed by atoms with Gasteiger partial charge in [0.25, 0.3) is 0 Å². The molecule has 5 nitrogen and oxygen atoms in total. The van der Waals surface area contributed by atoms with Gasteiger partial charge in [0.05, 0.1) is 5.69 Å². The lowest BCUT2D eigenvalue weighted by Crippen LogP contribution is -2.50. The minimum atomic E-state index is 0.420. The summed E-state index contributed by atoms with van der Waals surface area (Å²) in [5, 5.41) is 0. The highest BCUT2D eigenvalue weighted by atomic mass is 15.3. The molecule has 0 aromatic carbocycles. The van der Waals surface area contributed by atoms with Crippen LogP contribution in [0.4, 0.5) is 17.3 Å². The highest BCUT2D eigenvalue weighted by Crippen LogP contribution is 2.21. The third-order valence-electron chi connectivity index (χ3n) is 3.07. The molecule has 0 saturated carbocycles. The molecule has 2 rings (SSSR count). The Labute approximate surface area is 96.0 Å². The zero-order valence-electron chi connectivity index (χ0n) is 9.85. The predicted octanol–water partition coefficient (Wildman–Crippen LogP) is 0.386. The average Bonchev–Trinajstić information content (AvgIpc) is 2.22. The molecule has 1 aliphatic rings. The number of hydrogen-bond acceptors (Lipinski definition) is 5. The van der Waals surface area contributed by atoms with Crippen molar-refractivity contribution in [3.8, 4) is 0 Å². The van der Waals surface area contributed by atoms with Gasteiger partial charge in [-0.25, -0.2) is 4.98 Å². The second-order valence-corrected chi connectivity index (χ2v) is 4.45. The van der Waals surface area contributed by atoms with Crippen molar-refractivity contribution in [2.24, 2.45) is 0 Å². The van der Waals surface area contributed by atoms with Crippen LogP contribution < -0.4 is 16.4 Å². The molecule has 1 aliphatic heterocycles. The number of nitrogen functional groups attached to an aromatic ring is 2. The molecule has 0 spiro atoms. The van der Waals surface area contributed by atoms with Gasteiger partial charge in [-0.3, -0.25) is 0 Å². The second-order valence-electron chi connectivity index (χ2n) is 4.45. The Morgan fingerprint density at radius 3 is 2.69 bits per heavy atom. The van der Waals surface area contributed by atoms with Crippen molar-refractivity contribution >= 4 is 17.3 Å². The van der Waals surface area contributed by atoms with Crippen LogP contribution in [0.15, 0.2) is 12.1 Å². The summed E-state index contributed by atoms with van der Waals surface area (Å²) in [6.07, 6.45) is 0. The summed E-state index contributed by atoms with van der Waals surface area (Å²) < 4.78 is 0.